The van der Waals surface area contributed by atoms with Gasteiger partial charge in [0.15, 0.2) is 0 Å². The van der Waals surface area contributed by atoms with Gasteiger partial charge in [-0.05, 0) is 42.5 Å². The molecular weight excluding hydrogens is 260 g/mol. The summed E-state index contributed by atoms with van der Waals surface area (Å²) >= 11 is 0. The van der Waals surface area contributed by atoms with Crippen molar-refractivity contribution in [2.24, 2.45) is 5.92 Å². The lowest BCUT2D eigenvalue weighted by molar-refractivity contribution is -0.117. The maximum absolute atomic E-state index is 12.5. The van der Waals surface area contributed by atoms with E-state index in [1.165, 1.54) is 11.1 Å². The lowest BCUT2D eigenvalue weighted by atomic mass is 9.95. The van der Waals surface area contributed by atoms with E-state index >= 15 is 0 Å². The molecule has 0 saturated heterocycles. The molecule has 0 aliphatic heterocycles. The number of fused-ring (bicyclic) bond motifs is 2. The second kappa shape index (κ2) is 4.35. The van der Waals surface area contributed by atoms with Gasteiger partial charge in [-0.1, -0.05) is 36.4 Å². The van der Waals surface area contributed by atoms with Gasteiger partial charge < -0.3 is 11.1 Å². The molecule has 4 rings (SSSR count). The van der Waals surface area contributed by atoms with Crippen molar-refractivity contribution in [1.82, 2.24) is 0 Å². The number of para-hydroxylation sites is 2. The number of carbonyl (C=O) groups excluding carboxylic acids is 1. The fraction of sp³-hybridized carbons (Fsp3) is 0.278. The standard InChI is InChI=1S/C18H18N2O/c19-15-7-3-4-8-16(15)20-17(21)14-11-18(14)10-9-12-5-1-2-6-13(12)18/h1-8,14H,9-11,19H2,(H,20,21)/t14-,18+/m0/s1. The summed E-state index contributed by atoms with van der Waals surface area (Å²) in [6.45, 7) is 0. The highest BCUT2D eigenvalue weighted by Gasteiger charge is 2.61. The van der Waals surface area contributed by atoms with Crippen LogP contribution in [0.15, 0.2) is 48.5 Å². The lowest BCUT2D eigenvalue weighted by Crippen LogP contribution is -2.20. The van der Waals surface area contributed by atoms with E-state index < -0.39 is 0 Å². The van der Waals surface area contributed by atoms with Crippen molar-refractivity contribution in [3.8, 4) is 0 Å². The second-order valence-corrected chi connectivity index (χ2v) is 6.15. The highest BCUT2D eigenvalue weighted by molar-refractivity contribution is 5.98. The molecule has 1 spiro atoms. The number of rotatable bonds is 2. The summed E-state index contributed by atoms with van der Waals surface area (Å²) < 4.78 is 0. The largest absolute Gasteiger partial charge is 0.397 e. The molecular formula is C18H18N2O. The van der Waals surface area contributed by atoms with Gasteiger partial charge in [-0.3, -0.25) is 4.79 Å². The predicted molar refractivity (Wildman–Crippen MR) is 84.0 cm³/mol. The fourth-order valence-electron chi connectivity index (χ4n) is 3.77. The minimum absolute atomic E-state index is 0.0840. The number of benzene rings is 2. The van der Waals surface area contributed by atoms with E-state index in [1.807, 2.05) is 24.3 Å². The summed E-state index contributed by atoms with van der Waals surface area (Å²) in [7, 11) is 0. The fourth-order valence-corrected chi connectivity index (χ4v) is 3.77. The molecule has 106 valence electrons. The Hall–Kier alpha value is -2.29. The Morgan fingerprint density at radius 1 is 1.14 bits per heavy atom. The smallest absolute Gasteiger partial charge is 0.228 e. The zero-order valence-electron chi connectivity index (χ0n) is 11.8. The van der Waals surface area contributed by atoms with Crippen LogP contribution in [-0.4, -0.2) is 5.91 Å². The molecule has 21 heavy (non-hydrogen) atoms. The van der Waals surface area contributed by atoms with Gasteiger partial charge in [0, 0.05) is 11.3 Å². The number of anilines is 2. The first-order valence-electron chi connectivity index (χ1n) is 7.44. The molecule has 2 aliphatic carbocycles. The third-order valence-corrected chi connectivity index (χ3v) is 5.00. The number of nitrogens with two attached hydrogens (primary N) is 1. The van der Waals surface area contributed by atoms with Crippen molar-refractivity contribution in [1.29, 1.82) is 0 Å². The second-order valence-electron chi connectivity index (χ2n) is 6.15. The molecule has 2 aromatic rings. The van der Waals surface area contributed by atoms with Crippen LogP contribution in [0.4, 0.5) is 11.4 Å². The molecule has 3 N–H and O–H groups in total. The summed E-state index contributed by atoms with van der Waals surface area (Å²) in [5, 5.41) is 2.99. The zero-order chi connectivity index (χ0) is 14.4. The summed E-state index contributed by atoms with van der Waals surface area (Å²) in [4.78, 5) is 12.5. The Morgan fingerprint density at radius 3 is 2.76 bits per heavy atom. The Bertz CT molecular complexity index is 725. The van der Waals surface area contributed by atoms with Gasteiger partial charge in [0.25, 0.3) is 0 Å². The molecule has 0 unspecified atom stereocenters. The molecule has 0 radical (unpaired) electrons. The van der Waals surface area contributed by atoms with Gasteiger partial charge in [0.2, 0.25) is 5.91 Å². The molecule has 0 aromatic heterocycles. The van der Waals surface area contributed by atoms with Crippen LogP contribution in [0.25, 0.3) is 0 Å². The molecule has 2 aliphatic rings. The van der Waals surface area contributed by atoms with Crippen LogP contribution >= 0.6 is 0 Å². The van der Waals surface area contributed by atoms with E-state index in [2.05, 4.69) is 29.6 Å². The third-order valence-electron chi connectivity index (χ3n) is 5.00. The van der Waals surface area contributed by atoms with E-state index in [0.29, 0.717) is 5.69 Å². The monoisotopic (exact) mass is 278 g/mol. The average Bonchev–Trinajstić information content (AvgIpc) is 3.12. The Morgan fingerprint density at radius 2 is 1.90 bits per heavy atom. The number of nitrogens with one attached hydrogen (secondary N) is 1. The molecule has 1 saturated carbocycles. The molecule has 1 fully saturated rings. The molecule has 2 aromatic carbocycles. The Labute approximate surface area is 124 Å². The number of carbonyl (C=O) groups is 1. The maximum atomic E-state index is 12.5. The van der Waals surface area contributed by atoms with Gasteiger partial charge in [0.05, 0.1) is 11.4 Å². The minimum atomic E-state index is 0.0840. The van der Waals surface area contributed by atoms with E-state index in [1.54, 1.807) is 0 Å². The SMILES string of the molecule is Nc1ccccc1NC(=O)[C@@H]1C[C@@]12CCc1ccccc12. The van der Waals surface area contributed by atoms with Gasteiger partial charge in [0.1, 0.15) is 0 Å². The first-order chi connectivity index (χ1) is 10.2. The van der Waals surface area contributed by atoms with Crippen molar-refractivity contribution in [3.63, 3.8) is 0 Å². The lowest BCUT2D eigenvalue weighted by Gasteiger charge is -2.12. The van der Waals surface area contributed by atoms with Crippen molar-refractivity contribution in [2.45, 2.75) is 24.7 Å². The summed E-state index contributed by atoms with van der Waals surface area (Å²) in [6, 6.07) is 16.0. The van der Waals surface area contributed by atoms with E-state index in [-0.39, 0.29) is 17.2 Å². The normalized spacial score (nSPS) is 25.6. The number of nitrogen functional groups attached to an aromatic ring is 1. The van der Waals surface area contributed by atoms with E-state index in [0.717, 1.165) is 24.9 Å². The maximum Gasteiger partial charge on any atom is 0.228 e. The first-order valence-corrected chi connectivity index (χ1v) is 7.44. The quantitative estimate of drug-likeness (QED) is 0.829. The molecule has 1 amide bonds. The number of hydrogen-bond acceptors (Lipinski definition) is 2. The van der Waals surface area contributed by atoms with Crippen LogP contribution in [0.1, 0.15) is 24.0 Å². The van der Waals surface area contributed by atoms with Gasteiger partial charge in [-0.2, -0.15) is 0 Å². The third kappa shape index (κ3) is 1.84. The molecule has 3 heteroatoms. The predicted octanol–water partition coefficient (Wildman–Crippen LogP) is 3.11. The molecule has 0 bridgehead atoms. The van der Waals surface area contributed by atoms with Gasteiger partial charge in [-0.15, -0.1) is 0 Å². The summed E-state index contributed by atoms with van der Waals surface area (Å²) in [6.07, 6.45) is 3.14. The number of aryl methyl sites for hydroxylation is 1. The number of amides is 1. The first kappa shape index (κ1) is 12.5. The van der Waals surface area contributed by atoms with Crippen molar-refractivity contribution in [2.75, 3.05) is 11.1 Å². The molecule has 3 nitrogen and oxygen atoms in total. The van der Waals surface area contributed by atoms with Gasteiger partial charge in [-0.25, -0.2) is 0 Å². The van der Waals surface area contributed by atoms with Crippen LogP contribution in [0.3, 0.4) is 0 Å². The molecule has 0 heterocycles. The Balaban J connectivity index is 1.56. The van der Waals surface area contributed by atoms with Crippen molar-refractivity contribution < 1.29 is 4.79 Å². The topological polar surface area (TPSA) is 55.1 Å². The average molecular weight is 278 g/mol. The summed E-state index contributed by atoms with van der Waals surface area (Å²) in [5.74, 6) is 0.186. The zero-order valence-corrected chi connectivity index (χ0v) is 11.8. The van der Waals surface area contributed by atoms with E-state index in [9.17, 15) is 4.79 Å². The van der Waals surface area contributed by atoms with E-state index in [4.69, 9.17) is 5.73 Å². The van der Waals surface area contributed by atoms with Crippen molar-refractivity contribution >= 4 is 17.3 Å². The number of hydrogen-bond donors (Lipinski definition) is 2. The van der Waals surface area contributed by atoms with Crippen LogP contribution < -0.4 is 11.1 Å². The van der Waals surface area contributed by atoms with Gasteiger partial charge >= 0.3 is 0 Å². The summed E-state index contributed by atoms with van der Waals surface area (Å²) in [5.41, 5.74) is 10.1. The Kier molecular flexibility index (Phi) is 2.58. The van der Waals surface area contributed by atoms with Crippen molar-refractivity contribution in [3.05, 3.63) is 59.7 Å². The van der Waals surface area contributed by atoms with Crippen LogP contribution in [0, 0.1) is 5.92 Å². The minimum Gasteiger partial charge on any atom is -0.397 e. The molecule has 2 atom stereocenters. The highest BCUT2D eigenvalue weighted by Crippen LogP contribution is 2.61. The van der Waals surface area contributed by atoms with Crippen LogP contribution in [-0.2, 0) is 16.6 Å². The van der Waals surface area contributed by atoms with Crippen LogP contribution in [0.5, 0.6) is 0 Å². The van der Waals surface area contributed by atoms with Crippen LogP contribution in [0.2, 0.25) is 0 Å². The highest BCUT2D eigenvalue weighted by atomic mass is 16.2.